The molecular weight excluding hydrogens is 175 g/mol. The van der Waals surface area contributed by atoms with E-state index in [1.54, 1.807) is 0 Å². The predicted octanol–water partition coefficient (Wildman–Crippen LogP) is 1.60. The first kappa shape index (κ1) is 9.75. The fraction of sp³-hybridized carbons (Fsp3) is 0.455. The van der Waals surface area contributed by atoms with Crippen molar-refractivity contribution in [3.05, 3.63) is 30.3 Å². The molecule has 1 aromatic carbocycles. The molecule has 2 unspecified atom stereocenters. The van der Waals surface area contributed by atoms with Gasteiger partial charge < -0.3 is 9.31 Å². The maximum Gasteiger partial charge on any atom is 0.494 e. The second kappa shape index (κ2) is 4.15. The zero-order chi connectivity index (χ0) is 9.97. The standard InChI is InChI=1S/C11H15BO2/c1-9-8-10(2)14-12(13-9)11-6-4-3-5-7-11/h3-7,9-10H,8H2,1-2H3. The van der Waals surface area contributed by atoms with Gasteiger partial charge in [0.1, 0.15) is 0 Å². The van der Waals surface area contributed by atoms with Crippen LogP contribution in [0.5, 0.6) is 0 Å². The normalized spacial score (nSPS) is 27.7. The fourth-order valence-electron chi connectivity index (χ4n) is 1.80. The molecule has 0 aliphatic carbocycles. The smallest absolute Gasteiger partial charge is 0.405 e. The Hall–Kier alpha value is -0.795. The Kier molecular flexibility index (Phi) is 2.89. The summed E-state index contributed by atoms with van der Waals surface area (Å²) < 4.78 is 11.4. The Morgan fingerprint density at radius 3 is 2.21 bits per heavy atom. The summed E-state index contributed by atoms with van der Waals surface area (Å²) in [5.41, 5.74) is 1.10. The molecule has 1 aliphatic rings. The van der Waals surface area contributed by atoms with Crippen LogP contribution in [0.3, 0.4) is 0 Å². The molecular formula is C11H15BO2. The molecule has 0 aromatic heterocycles. The molecule has 2 atom stereocenters. The minimum Gasteiger partial charge on any atom is -0.405 e. The summed E-state index contributed by atoms with van der Waals surface area (Å²) in [6.07, 6.45) is 1.54. The van der Waals surface area contributed by atoms with Crippen molar-refractivity contribution in [2.24, 2.45) is 0 Å². The second-order valence-corrected chi connectivity index (χ2v) is 3.87. The van der Waals surface area contributed by atoms with E-state index in [1.165, 1.54) is 0 Å². The van der Waals surface area contributed by atoms with Crippen molar-refractivity contribution in [2.75, 3.05) is 0 Å². The Balaban J connectivity index is 2.11. The summed E-state index contributed by atoms with van der Waals surface area (Å²) in [6.45, 7) is 4.18. The van der Waals surface area contributed by atoms with Crippen LogP contribution in [-0.4, -0.2) is 19.3 Å². The number of hydrogen-bond donors (Lipinski definition) is 0. The van der Waals surface area contributed by atoms with Gasteiger partial charge in [0.2, 0.25) is 0 Å². The van der Waals surface area contributed by atoms with Crippen LogP contribution < -0.4 is 5.46 Å². The lowest BCUT2D eigenvalue weighted by Gasteiger charge is -2.30. The third kappa shape index (κ3) is 2.17. The third-order valence-electron chi connectivity index (χ3n) is 2.45. The van der Waals surface area contributed by atoms with Gasteiger partial charge in [-0.1, -0.05) is 30.3 Å². The maximum atomic E-state index is 5.72. The van der Waals surface area contributed by atoms with Crippen LogP contribution in [0, 0.1) is 0 Å². The largest absolute Gasteiger partial charge is 0.494 e. The first-order chi connectivity index (χ1) is 6.75. The molecule has 0 bridgehead atoms. The lowest BCUT2D eigenvalue weighted by Crippen LogP contribution is -2.46. The fourth-order valence-corrected chi connectivity index (χ4v) is 1.80. The monoisotopic (exact) mass is 190 g/mol. The van der Waals surface area contributed by atoms with Crippen molar-refractivity contribution in [3.8, 4) is 0 Å². The van der Waals surface area contributed by atoms with Crippen LogP contribution in [0.1, 0.15) is 20.3 Å². The second-order valence-electron chi connectivity index (χ2n) is 3.87. The van der Waals surface area contributed by atoms with Crippen molar-refractivity contribution < 1.29 is 9.31 Å². The SMILES string of the molecule is CC1CC(C)OB(c2ccccc2)O1. The van der Waals surface area contributed by atoms with Gasteiger partial charge in [0.25, 0.3) is 0 Å². The highest BCUT2D eigenvalue weighted by atomic mass is 16.6. The molecule has 0 amide bonds. The van der Waals surface area contributed by atoms with E-state index in [2.05, 4.69) is 13.8 Å². The molecule has 1 fully saturated rings. The third-order valence-corrected chi connectivity index (χ3v) is 2.45. The highest BCUT2D eigenvalue weighted by Crippen LogP contribution is 2.15. The Morgan fingerprint density at radius 2 is 1.64 bits per heavy atom. The van der Waals surface area contributed by atoms with Gasteiger partial charge >= 0.3 is 7.12 Å². The topological polar surface area (TPSA) is 18.5 Å². The van der Waals surface area contributed by atoms with E-state index in [0.29, 0.717) is 0 Å². The Bertz CT molecular complexity index is 279. The van der Waals surface area contributed by atoms with Gasteiger partial charge in [-0.2, -0.15) is 0 Å². The minimum absolute atomic E-state index is 0.185. The molecule has 1 aliphatic heterocycles. The molecule has 2 rings (SSSR count). The van der Waals surface area contributed by atoms with E-state index >= 15 is 0 Å². The molecule has 0 N–H and O–H groups in total. The molecule has 0 spiro atoms. The van der Waals surface area contributed by atoms with E-state index < -0.39 is 0 Å². The summed E-state index contributed by atoms with van der Waals surface area (Å²) in [5.74, 6) is 0. The number of rotatable bonds is 1. The van der Waals surface area contributed by atoms with E-state index in [0.717, 1.165) is 11.9 Å². The first-order valence-electron chi connectivity index (χ1n) is 5.11. The Morgan fingerprint density at radius 1 is 1.07 bits per heavy atom. The molecule has 14 heavy (non-hydrogen) atoms. The lowest BCUT2D eigenvalue weighted by atomic mass is 9.77. The van der Waals surface area contributed by atoms with Gasteiger partial charge in [-0.15, -0.1) is 0 Å². The van der Waals surface area contributed by atoms with E-state index in [-0.39, 0.29) is 19.3 Å². The van der Waals surface area contributed by atoms with Crippen LogP contribution in [0.4, 0.5) is 0 Å². The van der Waals surface area contributed by atoms with Crippen LogP contribution in [0.15, 0.2) is 30.3 Å². The van der Waals surface area contributed by atoms with Gasteiger partial charge in [0, 0.05) is 12.2 Å². The quantitative estimate of drug-likeness (QED) is 0.626. The van der Waals surface area contributed by atoms with Crippen molar-refractivity contribution in [1.29, 1.82) is 0 Å². The van der Waals surface area contributed by atoms with Gasteiger partial charge in [0.15, 0.2) is 0 Å². The molecule has 0 radical (unpaired) electrons. The van der Waals surface area contributed by atoms with E-state index in [4.69, 9.17) is 9.31 Å². The van der Waals surface area contributed by atoms with Crippen LogP contribution in [0.25, 0.3) is 0 Å². The highest BCUT2D eigenvalue weighted by molar-refractivity contribution is 6.61. The summed E-state index contributed by atoms with van der Waals surface area (Å²) in [4.78, 5) is 0. The molecule has 1 aromatic rings. The molecule has 74 valence electrons. The van der Waals surface area contributed by atoms with Crippen molar-refractivity contribution in [2.45, 2.75) is 32.5 Å². The summed E-state index contributed by atoms with van der Waals surface area (Å²) in [5, 5.41) is 0. The zero-order valence-electron chi connectivity index (χ0n) is 8.64. The van der Waals surface area contributed by atoms with Gasteiger partial charge in [-0.05, 0) is 25.7 Å². The van der Waals surface area contributed by atoms with Crippen LogP contribution in [-0.2, 0) is 9.31 Å². The maximum absolute atomic E-state index is 5.72. The number of benzene rings is 1. The molecule has 3 heteroatoms. The van der Waals surface area contributed by atoms with Gasteiger partial charge in [-0.25, -0.2) is 0 Å². The van der Waals surface area contributed by atoms with Crippen molar-refractivity contribution in [1.82, 2.24) is 0 Å². The zero-order valence-corrected chi connectivity index (χ0v) is 8.64. The average Bonchev–Trinajstić information content (AvgIpc) is 2.18. The summed E-state index contributed by atoms with van der Waals surface area (Å²) in [6, 6.07) is 10.1. The highest BCUT2D eigenvalue weighted by Gasteiger charge is 2.31. The van der Waals surface area contributed by atoms with Crippen LogP contribution in [0.2, 0.25) is 0 Å². The van der Waals surface area contributed by atoms with Crippen molar-refractivity contribution in [3.63, 3.8) is 0 Å². The van der Waals surface area contributed by atoms with Crippen LogP contribution >= 0.6 is 0 Å². The minimum atomic E-state index is -0.185. The van der Waals surface area contributed by atoms with E-state index in [9.17, 15) is 0 Å². The number of hydrogen-bond acceptors (Lipinski definition) is 2. The Labute approximate surface area is 85.4 Å². The molecule has 2 nitrogen and oxygen atoms in total. The summed E-state index contributed by atoms with van der Waals surface area (Å²) in [7, 11) is -0.185. The molecule has 1 heterocycles. The molecule has 0 saturated carbocycles. The van der Waals surface area contributed by atoms with Crippen molar-refractivity contribution >= 4 is 12.6 Å². The predicted molar refractivity (Wildman–Crippen MR) is 57.5 cm³/mol. The summed E-state index contributed by atoms with van der Waals surface area (Å²) >= 11 is 0. The van der Waals surface area contributed by atoms with Gasteiger partial charge in [-0.3, -0.25) is 0 Å². The first-order valence-corrected chi connectivity index (χ1v) is 5.11. The molecule has 1 saturated heterocycles. The lowest BCUT2D eigenvalue weighted by molar-refractivity contribution is 0.0403. The van der Waals surface area contributed by atoms with Gasteiger partial charge in [0.05, 0.1) is 0 Å². The average molecular weight is 190 g/mol. The van der Waals surface area contributed by atoms with E-state index in [1.807, 2.05) is 30.3 Å².